The lowest BCUT2D eigenvalue weighted by Crippen LogP contribution is -2.39. The Morgan fingerprint density at radius 1 is 1.13 bits per heavy atom. The van der Waals surface area contributed by atoms with Gasteiger partial charge in [-0.05, 0) is 47.5 Å². The molecule has 1 heterocycles. The van der Waals surface area contributed by atoms with Crippen LogP contribution in [0.3, 0.4) is 0 Å². The zero-order valence-electron chi connectivity index (χ0n) is 16.6. The van der Waals surface area contributed by atoms with Crippen LogP contribution in [0.1, 0.15) is 36.8 Å². The molecule has 0 radical (unpaired) electrons. The highest BCUT2D eigenvalue weighted by molar-refractivity contribution is 8.18. The number of nitrogens with one attached hydrogen (secondary N) is 1. The third-order valence-electron chi connectivity index (χ3n) is 4.77. The molecule has 1 aliphatic heterocycles. The van der Waals surface area contributed by atoms with Gasteiger partial charge >= 0.3 is 0 Å². The van der Waals surface area contributed by atoms with Gasteiger partial charge in [-0.2, -0.15) is 0 Å². The van der Waals surface area contributed by atoms with Crippen molar-refractivity contribution in [3.8, 4) is 0 Å². The molecule has 0 aliphatic carbocycles. The molecular formula is C23H23FN2O3S. The molecule has 156 valence electrons. The Bertz CT molecular complexity index is 945. The predicted octanol–water partition coefficient (Wildman–Crippen LogP) is 4.56. The van der Waals surface area contributed by atoms with Crippen molar-refractivity contribution in [1.82, 2.24) is 10.2 Å². The highest BCUT2D eigenvalue weighted by Crippen LogP contribution is 2.32. The van der Waals surface area contributed by atoms with Gasteiger partial charge in [-0.15, -0.1) is 0 Å². The van der Waals surface area contributed by atoms with Crippen LogP contribution in [0.15, 0.2) is 59.5 Å². The topological polar surface area (TPSA) is 66.5 Å². The van der Waals surface area contributed by atoms with Crippen molar-refractivity contribution in [3.63, 3.8) is 0 Å². The Kier molecular flexibility index (Phi) is 7.41. The summed E-state index contributed by atoms with van der Waals surface area (Å²) >= 11 is 0.843. The van der Waals surface area contributed by atoms with E-state index < -0.39 is 5.91 Å². The molecule has 0 saturated carbocycles. The summed E-state index contributed by atoms with van der Waals surface area (Å²) in [5.74, 6) is -1.15. The molecular weight excluding hydrogens is 403 g/mol. The Morgan fingerprint density at radius 3 is 2.50 bits per heavy atom. The molecule has 7 heteroatoms. The number of hydrogen-bond acceptors (Lipinski definition) is 4. The number of rotatable bonds is 8. The van der Waals surface area contributed by atoms with Gasteiger partial charge in [0.05, 0.1) is 10.8 Å². The van der Waals surface area contributed by atoms with Crippen LogP contribution in [0.25, 0.3) is 6.08 Å². The summed E-state index contributed by atoms with van der Waals surface area (Å²) in [5, 5.41) is 2.47. The van der Waals surface area contributed by atoms with Crippen LogP contribution in [-0.2, 0) is 9.59 Å². The first kappa shape index (κ1) is 21.8. The van der Waals surface area contributed by atoms with E-state index in [0.29, 0.717) is 5.56 Å². The average molecular weight is 427 g/mol. The SMILES string of the molecule is CCCC(C(=O)NCCN1C(=O)S/C(=C\c2ccc(F)cc2)C1=O)c1ccccc1. The Hall–Kier alpha value is -2.93. The van der Waals surface area contributed by atoms with Gasteiger partial charge in [-0.1, -0.05) is 55.8 Å². The van der Waals surface area contributed by atoms with Gasteiger partial charge in [0, 0.05) is 13.1 Å². The van der Waals surface area contributed by atoms with E-state index in [9.17, 15) is 18.8 Å². The number of carbonyl (C=O) groups is 3. The first-order valence-electron chi connectivity index (χ1n) is 9.83. The molecule has 1 atom stereocenters. The molecule has 0 spiro atoms. The summed E-state index contributed by atoms with van der Waals surface area (Å²) in [5.41, 5.74) is 1.59. The molecule has 1 fully saturated rings. The fourth-order valence-electron chi connectivity index (χ4n) is 3.24. The van der Waals surface area contributed by atoms with E-state index in [2.05, 4.69) is 5.32 Å². The highest BCUT2D eigenvalue weighted by Gasteiger charge is 2.34. The minimum absolute atomic E-state index is 0.102. The van der Waals surface area contributed by atoms with E-state index in [1.54, 1.807) is 18.2 Å². The maximum Gasteiger partial charge on any atom is 0.293 e. The number of halogens is 1. The van der Waals surface area contributed by atoms with E-state index in [4.69, 9.17) is 0 Å². The van der Waals surface area contributed by atoms with Crippen molar-refractivity contribution in [2.24, 2.45) is 0 Å². The van der Waals surface area contributed by atoms with Gasteiger partial charge in [0.25, 0.3) is 11.1 Å². The summed E-state index contributed by atoms with van der Waals surface area (Å²) in [6.45, 7) is 2.32. The first-order valence-corrected chi connectivity index (χ1v) is 10.6. The number of thioether (sulfide) groups is 1. The van der Waals surface area contributed by atoms with Crippen molar-refractivity contribution in [2.45, 2.75) is 25.7 Å². The maximum atomic E-state index is 13.0. The van der Waals surface area contributed by atoms with Gasteiger partial charge < -0.3 is 5.32 Å². The number of imide groups is 1. The zero-order valence-corrected chi connectivity index (χ0v) is 17.5. The minimum atomic E-state index is -0.406. The zero-order chi connectivity index (χ0) is 21.5. The van der Waals surface area contributed by atoms with Crippen LogP contribution in [0.5, 0.6) is 0 Å². The molecule has 5 nitrogen and oxygen atoms in total. The Morgan fingerprint density at radius 2 is 1.83 bits per heavy atom. The third kappa shape index (κ3) is 5.36. The van der Waals surface area contributed by atoms with Crippen molar-refractivity contribution in [1.29, 1.82) is 0 Å². The lowest BCUT2D eigenvalue weighted by Gasteiger charge is -2.18. The van der Waals surface area contributed by atoms with E-state index in [-0.39, 0.29) is 40.9 Å². The lowest BCUT2D eigenvalue weighted by atomic mass is 9.94. The maximum absolute atomic E-state index is 13.0. The van der Waals surface area contributed by atoms with Gasteiger partial charge in [0.15, 0.2) is 0 Å². The molecule has 2 aromatic rings. The Labute approximate surface area is 179 Å². The third-order valence-corrected chi connectivity index (χ3v) is 5.68. The van der Waals surface area contributed by atoms with E-state index in [0.717, 1.165) is 35.1 Å². The van der Waals surface area contributed by atoms with Crippen molar-refractivity contribution >= 4 is 34.9 Å². The molecule has 0 bridgehead atoms. The number of amides is 3. The standard InChI is InChI=1S/C23H23FN2O3S/c1-2-6-19(17-7-4-3-5-8-17)21(27)25-13-14-26-22(28)20(30-23(26)29)15-16-9-11-18(24)12-10-16/h3-5,7-12,15,19H,2,6,13-14H2,1H3,(H,25,27)/b20-15-. The summed E-state index contributed by atoms with van der Waals surface area (Å²) in [6.07, 6.45) is 3.15. The molecule has 3 amide bonds. The van der Waals surface area contributed by atoms with E-state index >= 15 is 0 Å². The van der Waals surface area contributed by atoms with Crippen molar-refractivity contribution in [3.05, 3.63) is 76.4 Å². The molecule has 1 unspecified atom stereocenters. The highest BCUT2D eigenvalue weighted by atomic mass is 32.2. The van der Waals surface area contributed by atoms with Gasteiger partial charge in [0.1, 0.15) is 5.82 Å². The number of nitrogens with zero attached hydrogens (tertiary/aromatic N) is 1. The molecule has 30 heavy (non-hydrogen) atoms. The van der Waals surface area contributed by atoms with Crippen LogP contribution < -0.4 is 5.32 Å². The van der Waals surface area contributed by atoms with Crippen LogP contribution in [0, 0.1) is 5.82 Å². The minimum Gasteiger partial charge on any atom is -0.354 e. The second-order valence-corrected chi connectivity index (χ2v) is 7.92. The number of hydrogen-bond donors (Lipinski definition) is 1. The first-order chi connectivity index (χ1) is 14.5. The van der Waals surface area contributed by atoms with Crippen LogP contribution in [0.2, 0.25) is 0 Å². The summed E-state index contributed by atoms with van der Waals surface area (Å²) in [6, 6.07) is 15.2. The molecule has 0 aromatic heterocycles. The van der Waals surface area contributed by atoms with Crippen LogP contribution >= 0.6 is 11.8 Å². The van der Waals surface area contributed by atoms with E-state index in [1.807, 2.05) is 37.3 Å². The fourth-order valence-corrected chi connectivity index (χ4v) is 4.11. The Balaban J connectivity index is 1.58. The number of carbonyl (C=O) groups excluding carboxylic acids is 3. The summed E-state index contributed by atoms with van der Waals surface area (Å²) < 4.78 is 13.0. The van der Waals surface area contributed by atoms with Gasteiger partial charge in [-0.25, -0.2) is 4.39 Å². The molecule has 2 aromatic carbocycles. The quantitative estimate of drug-likeness (QED) is 0.629. The van der Waals surface area contributed by atoms with Crippen molar-refractivity contribution < 1.29 is 18.8 Å². The predicted molar refractivity (Wildman–Crippen MR) is 116 cm³/mol. The molecule has 1 saturated heterocycles. The molecule has 3 rings (SSSR count). The molecule has 1 N–H and O–H groups in total. The van der Waals surface area contributed by atoms with Gasteiger partial charge in [0.2, 0.25) is 5.91 Å². The second-order valence-electron chi connectivity index (χ2n) is 6.93. The summed E-state index contributed by atoms with van der Waals surface area (Å²) in [7, 11) is 0. The number of benzene rings is 2. The fraction of sp³-hybridized carbons (Fsp3) is 0.261. The van der Waals surface area contributed by atoms with E-state index in [1.165, 1.54) is 12.1 Å². The largest absolute Gasteiger partial charge is 0.354 e. The normalized spacial score (nSPS) is 16.2. The smallest absolute Gasteiger partial charge is 0.293 e. The van der Waals surface area contributed by atoms with Gasteiger partial charge in [-0.3, -0.25) is 19.3 Å². The van der Waals surface area contributed by atoms with Crippen LogP contribution in [0.4, 0.5) is 9.18 Å². The molecule has 1 aliphatic rings. The summed E-state index contributed by atoms with van der Waals surface area (Å²) in [4.78, 5) is 38.8. The monoisotopic (exact) mass is 426 g/mol. The van der Waals surface area contributed by atoms with Crippen molar-refractivity contribution in [2.75, 3.05) is 13.1 Å². The average Bonchev–Trinajstić information content (AvgIpc) is 3.01. The lowest BCUT2D eigenvalue weighted by molar-refractivity contribution is -0.125. The second kappa shape index (κ2) is 10.2. The van der Waals surface area contributed by atoms with Crippen LogP contribution in [-0.4, -0.2) is 35.0 Å².